The molecule has 25 heavy (non-hydrogen) atoms. The third kappa shape index (κ3) is 5.97. The van der Waals surface area contributed by atoms with Gasteiger partial charge in [-0.2, -0.15) is 0 Å². The number of carbonyl (C=O) groups is 1. The topological polar surface area (TPSA) is 54.5 Å². The van der Waals surface area contributed by atoms with E-state index in [2.05, 4.69) is 28.1 Å². The molecule has 1 amide bonds. The number of rotatable bonds is 7. The summed E-state index contributed by atoms with van der Waals surface area (Å²) in [7, 11) is -1.50. The first-order chi connectivity index (χ1) is 11.8. The maximum absolute atomic E-state index is 12.3. The Labute approximate surface area is 157 Å². The molecular formula is C19H22BrNO3S. The van der Waals surface area contributed by atoms with Crippen molar-refractivity contribution in [2.24, 2.45) is 0 Å². The second kappa shape index (κ2) is 8.63. The van der Waals surface area contributed by atoms with Gasteiger partial charge in [0.15, 0.2) is 9.84 Å². The van der Waals surface area contributed by atoms with E-state index in [1.54, 1.807) is 24.1 Å². The van der Waals surface area contributed by atoms with Gasteiger partial charge in [0, 0.05) is 29.9 Å². The van der Waals surface area contributed by atoms with Crippen LogP contribution < -0.4 is 4.90 Å². The van der Waals surface area contributed by atoms with Gasteiger partial charge in [-0.3, -0.25) is 4.79 Å². The largest absolute Gasteiger partial charge is 0.316 e. The maximum atomic E-state index is 12.3. The molecule has 2 aromatic carbocycles. The van der Waals surface area contributed by atoms with Crippen molar-refractivity contribution in [1.29, 1.82) is 0 Å². The van der Waals surface area contributed by atoms with E-state index in [1.165, 1.54) is 24.0 Å². The number of hydrogen-bond acceptors (Lipinski definition) is 3. The quantitative estimate of drug-likeness (QED) is 0.626. The minimum atomic E-state index is -3.22. The van der Waals surface area contributed by atoms with Crippen LogP contribution in [0.3, 0.4) is 0 Å². The average Bonchev–Trinajstić information content (AvgIpc) is 2.58. The molecule has 0 radical (unpaired) electrons. The Balaban J connectivity index is 1.82. The Kier molecular flexibility index (Phi) is 6.79. The molecule has 0 saturated carbocycles. The molecule has 0 aromatic heterocycles. The van der Waals surface area contributed by atoms with Crippen LogP contribution in [0.5, 0.6) is 0 Å². The molecule has 0 N–H and O–H groups in total. The number of aryl methyl sites for hydroxylation is 1. The van der Waals surface area contributed by atoms with Crippen molar-refractivity contribution in [3.05, 3.63) is 58.6 Å². The van der Waals surface area contributed by atoms with E-state index >= 15 is 0 Å². The van der Waals surface area contributed by atoms with E-state index in [4.69, 9.17) is 0 Å². The molecule has 0 spiro atoms. The number of anilines is 1. The van der Waals surface area contributed by atoms with Gasteiger partial charge >= 0.3 is 0 Å². The van der Waals surface area contributed by atoms with Crippen molar-refractivity contribution in [3.63, 3.8) is 0 Å². The smallest absolute Gasteiger partial charge is 0.226 e. The lowest BCUT2D eigenvalue weighted by Crippen LogP contribution is -2.25. The fourth-order valence-electron chi connectivity index (χ4n) is 2.49. The van der Waals surface area contributed by atoms with Gasteiger partial charge < -0.3 is 4.90 Å². The molecule has 4 nitrogen and oxygen atoms in total. The normalized spacial score (nSPS) is 11.3. The van der Waals surface area contributed by atoms with Gasteiger partial charge in [0.2, 0.25) is 5.91 Å². The summed E-state index contributed by atoms with van der Waals surface area (Å²) in [6.45, 7) is 0. The van der Waals surface area contributed by atoms with Crippen LogP contribution in [-0.4, -0.2) is 27.6 Å². The van der Waals surface area contributed by atoms with E-state index in [0.29, 0.717) is 12.1 Å². The number of unbranched alkanes of at least 4 members (excludes halogenated alkanes) is 1. The maximum Gasteiger partial charge on any atom is 0.226 e. The number of sulfone groups is 1. The van der Waals surface area contributed by atoms with Crippen molar-refractivity contribution < 1.29 is 13.2 Å². The Bertz CT molecular complexity index is 815. The number of benzene rings is 2. The third-order valence-corrected chi connectivity index (χ3v) is 5.70. The van der Waals surface area contributed by atoms with E-state index in [1.807, 2.05) is 12.1 Å². The number of amides is 1. The van der Waals surface area contributed by atoms with Gasteiger partial charge in [-0.25, -0.2) is 8.42 Å². The zero-order chi connectivity index (χ0) is 18.4. The summed E-state index contributed by atoms with van der Waals surface area (Å²) in [6.07, 6.45) is 4.37. The summed E-state index contributed by atoms with van der Waals surface area (Å²) < 4.78 is 24.0. The van der Waals surface area contributed by atoms with Crippen LogP contribution in [-0.2, 0) is 21.1 Å². The first-order valence-electron chi connectivity index (χ1n) is 8.08. The van der Waals surface area contributed by atoms with E-state index in [-0.39, 0.29) is 10.8 Å². The van der Waals surface area contributed by atoms with Crippen molar-refractivity contribution in [2.75, 3.05) is 18.2 Å². The number of halogens is 1. The molecule has 134 valence electrons. The van der Waals surface area contributed by atoms with Crippen LogP contribution >= 0.6 is 15.9 Å². The van der Waals surface area contributed by atoms with Gasteiger partial charge in [-0.15, -0.1) is 0 Å². The minimum absolute atomic E-state index is 0.0305. The van der Waals surface area contributed by atoms with Gasteiger partial charge in [0.05, 0.1) is 4.90 Å². The second-order valence-corrected chi connectivity index (χ2v) is 8.98. The van der Waals surface area contributed by atoms with Crippen LogP contribution in [0.1, 0.15) is 24.8 Å². The summed E-state index contributed by atoms with van der Waals surface area (Å²) in [5, 5.41) is 0. The molecule has 6 heteroatoms. The van der Waals surface area contributed by atoms with Gasteiger partial charge in [0.1, 0.15) is 0 Å². The molecule has 0 aliphatic heterocycles. The molecule has 2 rings (SSSR count). The molecule has 0 saturated heterocycles. The predicted octanol–water partition coefficient (Wildman–Crippen LogP) is 4.23. The first-order valence-corrected chi connectivity index (χ1v) is 10.8. The van der Waals surface area contributed by atoms with E-state index in [0.717, 1.165) is 23.7 Å². The summed E-state index contributed by atoms with van der Waals surface area (Å²) in [4.78, 5) is 14.1. The van der Waals surface area contributed by atoms with Crippen LogP contribution in [0.2, 0.25) is 0 Å². The summed E-state index contributed by atoms with van der Waals surface area (Å²) >= 11 is 3.42. The molecule has 0 aliphatic carbocycles. The van der Waals surface area contributed by atoms with Crippen molar-refractivity contribution in [3.8, 4) is 0 Å². The number of nitrogens with zero attached hydrogens (tertiary/aromatic N) is 1. The molecule has 2 aromatic rings. The molecule has 0 aliphatic rings. The summed E-state index contributed by atoms with van der Waals surface area (Å²) in [5.74, 6) is 0.0305. The van der Waals surface area contributed by atoms with Crippen LogP contribution in [0.4, 0.5) is 5.69 Å². The molecule has 0 atom stereocenters. The molecular weight excluding hydrogens is 402 g/mol. The van der Waals surface area contributed by atoms with Crippen LogP contribution in [0.25, 0.3) is 0 Å². The summed E-state index contributed by atoms with van der Waals surface area (Å²) in [5.41, 5.74) is 1.96. The summed E-state index contributed by atoms with van der Waals surface area (Å²) in [6, 6.07) is 14.6. The van der Waals surface area contributed by atoms with Crippen molar-refractivity contribution >= 4 is 37.4 Å². The average molecular weight is 424 g/mol. The van der Waals surface area contributed by atoms with Crippen molar-refractivity contribution in [2.45, 2.75) is 30.6 Å². The Morgan fingerprint density at radius 1 is 1.00 bits per heavy atom. The Morgan fingerprint density at radius 3 is 2.16 bits per heavy atom. The molecule has 0 bridgehead atoms. The minimum Gasteiger partial charge on any atom is -0.316 e. The predicted molar refractivity (Wildman–Crippen MR) is 105 cm³/mol. The van der Waals surface area contributed by atoms with Crippen LogP contribution in [0.15, 0.2) is 57.9 Å². The van der Waals surface area contributed by atoms with Crippen molar-refractivity contribution in [1.82, 2.24) is 0 Å². The zero-order valence-electron chi connectivity index (χ0n) is 14.4. The van der Waals surface area contributed by atoms with Gasteiger partial charge in [-0.05, 0) is 61.2 Å². The lowest BCUT2D eigenvalue weighted by Gasteiger charge is -2.17. The highest BCUT2D eigenvalue weighted by atomic mass is 79.9. The number of carbonyl (C=O) groups excluding carboxylic acids is 1. The Hall–Kier alpha value is -1.66. The van der Waals surface area contributed by atoms with Crippen LogP contribution in [0, 0.1) is 0 Å². The SMILES string of the molecule is CN(C(=O)CCCCc1ccc(Br)cc1)c1ccc(S(C)(=O)=O)cc1. The Morgan fingerprint density at radius 2 is 1.60 bits per heavy atom. The highest BCUT2D eigenvalue weighted by molar-refractivity contribution is 9.10. The molecule has 0 unspecified atom stereocenters. The van der Waals surface area contributed by atoms with E-state index in [9.17, 15) is 13.2 Å². The van der Waals surface area contributed by atoms with Gasteiger partial charge in [-0.1, -0.05) is 28.1 Å². The first kappa shape index (κ1) is 19.7. The monoisotopic (exact) mass is 423 g/mol. The fourth-order valence-corrected chi connectivity index (χ4v) is 3.38. The lowest BCUT2D eigenvalue weighted by atomic mass is 10.1. The second-order valence-electron chi connectivity index (χ2n) is 6.05. The standard InChI is InChI=1S/C19H22BrNO3S/c1-21(17-11-13-18(14-12-17)25(2,23)24)19(22)6-4-3-5-15-7-9-16(20)10-8-15/h7-14H,3-6H2,1-2H3. The number of hydrogen-bond donors (Lipinski definition) is 0. The lowest BCUT2D eigenvalue weighted by molar-refractivity contribution is -0.118. The zero-order valence-corrected chi connectivity index (χ0v) is 16.8. The third-order valence-electron chi connectivity index (χ3n) is 4.05. The fraction of sp³-hybridized carbons (Fsp3) is 0.316. The highest BCUT2D eigenvalue weighted by Crippen LogP contribution is 2.18. The molecule has 0 heterocycles. The highest BCUT2D eigenvalue weighted by Gasteiger charge is 2.12. The van der Waals surface area contributed by atoms with E-state index < -0.39 is 9.84 Å². The van der Waals surface area contributed by atoms with Gasteiger partial charge in [0.25, 0.3) is 0 Å². The molecule has 0 fully saturated rings.